The average molecular weight is 245 g/mol. The molecule has 0 aliphatic heterocycles. The normalized spacial score (nSPS) is 11.1. The molecule has 0 saturated heterocycles. The molecule has 3 rings (SSSR count). The molecule has 0 unspecified atom stereocenters. The third-order valence-corrected chi connectivity index (χ3v) is 3.41. The number of hydrogen-bond acceptors (Lipinski definition) is 5. The Bertz CT molecular complexity index is 644. The maximum Gasteiger partial charge on any atom is 0.134 e. The predicted molar refractivity (Wildman–Crippen MR) is 68.3 cm³/mol. The first kappa shape index (κ1) is 10.5. The SMILES string of the molecule is NNCc1nc(-c2coc3ccccc23)cs1. The van der Waals surface area contributed by atoms with Crippen molar-refractivity contribution in [2.45, 2.75) is 6.54 Å². The van der Waals surface area contributed by atoms with E-state index in [4.69, 9.17) is 10.3 Å². The highest BCUT2D eigenvalue weighted by atomic mass is 32.1. The number of aromatic nitrogens is 1. The summed E-state index contributed by atoms with van der Waals surface area (Å²) in [4.78, 5) is 4.51. The second kappa shape index (κ2) is 4.29. The van der Waals surface area contributed by atoms with Crippen molar-refractivity contribution in [2.75, 3.05) is 0 Å². The van der Waals surface area contributed by atoms with Crippen LogP contribution >= 0.6 is 11.3 Å². The molecular formula is C12H11N3OS. The van der Waals surface area contributed by atoms with Gasteiger partial charge in [-0.3, -0.25) is 11.3 Å². The Kier molecular flexibility index (Phi) is 2.64. The largest absolute Gasteiger partial charge is 0.464 e. The summed E-state index contributed by atoms with van der Waals surface area (Å²) in [7, 11) is 0. The van der Waals surface area contributed by atoms with Crippen LogP contribution in [0.4, 0.5) is 0 Å². The van der Waals surface area contributed by atoms with Gasteiger partial charge in [0.2, 0.25) is 0 Å². The zero-order valence-corrected chi connectivity index (χ0v) is 9.83. The molecule has 3 N–H and O–H groups in total. The Morgan fingerprint density at radius 1 is 1.35 bits per heavy atom. The number of nitrogens with one attached hydrogen (secondary N) is 1. The molecule has 0 atom stereocenters. The maximum atomic E-state index is 5.50. The van der Waals surface area contributed by atoms with E-state index in [1.54, 1.807) is 17.6 Å². The number of fused-ring (bicyclic) bond motifs is 1. The van der Waals surface area contributed by atoms with Crippen molar-refractivity contribution in [3.05, 3.63) is 40.9 Å². The molecule has 86 valence electrons. The number of thiazole rings is 1. The molecule has 0 bridgehead atoms. The van der Waals surface area contributed by atoms with E-state index in [-0.39, 0.29) is 0 Å². The molecule has 2 heterocycles. The lowest BCUT2D eigenvalue weighted by Crippen LogP contribution is -2.20. The third-order valence-electron chi connectivity index (χ3n) is 2.56. The van der Waals surface area contributed by atoms with Crippen molar-refractivity contribution in [2.24, 2.45) is 5.84 Å². The first-order chi connectivity index (χ1) is 8.38. The van der Waals surface area contributed by atoms with Crippen LogP contribution in [0.5, 0.6) is 0 Å². The molecule has 5 heteroatoms. The van der Waals surface area contributed by atoms with Crippen LogP contribution in [0.1, 0.15) is 5.01 Å². The third kappa shape index (κ3) is 1.84. The highest BCUT2D eigenvalue weighted by Crippen LogP contribution is 2.30. The monoisotopic (exact) mass is 245 g/mol. The fourth-order valence-corrected chi connectivity index (χ4v) is 2.52. The van der Waals surface area contributed by atoms with Gasteiger partial charge in [0.1, 0.15) is 16.9 Å². The molecule has 2 aromatic heterocycles. The molecule has 0 fully saturated rings. The molecule has 0 saturated carbocycles. The van der Waals surface area contributed by atoms with Crippen LogP contribution in [0.2, 0.25) is 0 Å². The standard InChI is InChI=1S/C12H11N3OS/c13-14-5-12-15-10(7-17-12)9-6-16-11-4-2-1-3-8(9)11/h1-4,6-7,14H,5,13H2. The van der Waals surface area contributed by atoms with E-state index in [9.17, 15) is 0 Å². The van der Waals surface area contributed by atoms with Gasteiger partial charge in [-0.2, -0.15) is 0 Å². The van der Waals surface area contributed by atoms with Crippen molar-refractivity contribution in [3.8, 4) is 11.3 Å². The summed E-state index contributed by atoms with van der Waals surface area (Å²) < 4.78 is 5.50. The number of para-hydroxylation sites is 1. The number of hydrazine groups is 1. The van der Waals surface area contributed by atoms with E-state index >= 15 is 0 Å². The minimum Gasteiger partial charge on any atom is -0.464 e. The van der Waals surface area contributed by atoms with Crippen LogP contribution in [-0.2, 0) is 6.54 Å². The summed E-state index contributed by atoms with van der Waals surface area (Å²) in [5.74, 6) is 5.28. The van der Waals surface area contributed by atoms with Gasteiger partial charge >= 0.3 is 0 Å². The maximum absolute atomic E-state index is 5.50. The molecule has 3 aromatic rings. The Hall–Kier alpha value is -1.69. The van der Waals surface area contributed by atoms with Gasteiger partial charge in [0, 0.05) is 16.3 Å². The first-order valence-corrected chi connectivity index (χ1v) is 6.11. The number of furan rings is 1. The van der Waals surface area contributed by atoms with Crippen LogP contribution in [-0.4, -0.2) is 4.98 Å². The molecule has 0 aliphatic carbocycles. The smallest absolute Gasteiger partial charge is 0.134 e. The van der Waals surface area contributed by atoms with Gasteiger partial charge in [0.05, 0.1) is 12.2 Å². The molecule has 0 radical (unpaired) electrons. The van der Waals surface area contributed by atoms with Gasteiger partial charge < -0.3 is 4.42 Å². The molecule has 0 spiro atoms. The summed E-state index contributed by atoms with van der Waals surface area (Å²) in [6.45, 7) is 0.584. The van der Waals surface area contributed by atoms with Gasteiger partial charge in [0.25, 0.3) is 0 Å². The number of nitrogens with two attached hydrogens (primary N) is 1. The summed E-state index contributed by atoms with van der Waals surface area (Å²) in [6.07, 6.45) is 1.75. The quantitative estimate of drug-likeness (QED) is 0.549. The Morgan fingerprint density at radius 3 is 3.12 bits per heavy atom. The highest BCUT2D eigenvalue weighted by molar-refractivity contribution is 7.09. The van der Waals surface area contributed by atoms with Gasteiger partial charge in [-0.05, 0) is 6.07 Å². The van der Waals surface area contributed by atoms with Crippen LogP contribution < -0.4 is 11.3 Å². The van der Waals surface area contributed by atoms with Crippen molar-refractivity contribution in [1.29, 1.82) is 0 Å². The van der Waals surface area contributed by atoms with Gasteiger partial charge in [0.15, 0.2) is 0 Å². The van der Waals surface area contributed by atoms with Crippen LogP contribution in [0.25, 0.3) is 22.2 Å². The lowest BCUT2D eigenvalue weighted by Gasteiger charge is -1.93. The predicted octanol–water partition coefficient (Wildman–Crippen LogP) is 2.52. The number of nitrogens with zero attached hydrogens (tertiary/aromatic N) is 1. The minimum atomic E-state index is 0.584. The Labute approximate surface area is 102 Å². The van der Waals surface area contributed by atoms with E-state index in [0.29, 0.717) is 6.54 Å². The first-order valence-electron chi connectivity index (χ1n) is 5.23. The van der Waals surface area contributed by atoms with Crippen molar-refractivity contribution in [1.82, 2.24) is 10.4 Å². The summed E-state index contributed by atoms with van der Waals surface area (Å²) in [5.41, 5.74) is 5.45. The molecule has 0 amide bonds. The van der Waals surface area contributed by atoms with E-state index in [0.717, 1.165) is 27.2 Å². The van der Waals surface area contributed by atoms with Gasteiger partial charge in [-0.25, -0.2) is 4.98 Å². The van der Waals surface area contributed by atoms with E-state index in [1.807, 2.05) is 29.6 Å². The van der Waals surface area contributed by atoms with E-state index in [1.165, 1.54) is 0 Å². The van der Waals surface area contributed by atoms with Crippen molar-refractivity contribution < 1.29 is 4.42 Å². The molecule has 17 heavy (non-hydrogen) atoms. The number of rotatable bonds is 3. The topological polar surface area (TPSA) is 64.1 Å². The summed E-state index contributed by atoms with van der Waals surface area (Å²) >= 11 is 1.59. The lowest BCUT2D eigenvalue weighted by molar-refractivity contribution is 0.617. The minimum absolute atomic E-state index is 0.584. The Balaban J connectivity index is 2.07. The van der Waals surface area contributed by atoms with Crippen LogP contribution in [0.3, 0.4) is 0 Å². The fraction of sp³-hybridized carbons (Fsp3) is 0.0833. The van der Waals surface area contributed by atoms with Crippen LogP contribution in [0.15, 0.2) is 40.3 Å². The zero-order chi connectivity index (χ0) is 11.7. The lowest BCUT2D eigenvalue weighted by atomic mass is 10.1. The van der Waals surface area contributed by atoms with Crippen molar-refractivity contribution in [3.63, 3.8) is 0 Å². The zero-order valence-electron chi connectivity index (χ0n) is 9.01. The molecule has 1 aromatic carbocycles. The van der Waals surface area contributed by atoms with Gasteiger partial charge in [-0.15, -0.1) is 11.3 Å². The number of hydrogen-bond donors (Lipinski definition) is 2. The van der Waals surface area contributed by atoms with E-state index in [2.05, 4.69) is 10.4 Å². The Morgan fingerprint density at radius 2 is 2.24 bits per heavy atom. The van der Waals surface area contributed by atoms with Gasteiger partial charge in [-0.1, -0.05) is 18.2 Å². The second-order valence-electron chi connectivity index (χ2n) is 3.65. The molecule has 4 nitrogen and oxygen atoms in total. The summed E-state index contributed by atoms with van der Waals surface area (Å²) in [5, 5.41) is 4.07. The fourth-order valence-electron chi connectivity index (χ4n) is 1.78. The summed E-state index contributed by atoms with van der Waals surface area (Å²) in [6, 6.07) is 7.94. The van der Waals surface area contributed by atoms with Crippen molar-refractivity contribution >= 4 is 22.3 Å². The molecular weight excluding hydrogens is 234 g/mol. The van der Waals surface area contributed by atoms with Crippen LogP contribution in [0, 0.1) is 0 Å². The number of benzene rings is 1. The molecule has 0 aliphatic rings. The average Bonchev–Trinajstić information content (AvgIpc) is 2.95. The van der Waals surface area contributed by atoms with E-state index < -0.39 is 0 Å². The second-order valence-corrected chi connectivity index (χ2v) is 4.60. The highest BCUT2D eigenvalue weighted by Gasteiger charge is 2.10.